The van der Waals surface area contributed by atoms with Crippen LogP contribution in [0.1, 0.15) is 23.7 Å². The molecule has 3 nitrogen and oxygen atoms in total. The monoisotopic (exact) mass is 242 g/mol. The van der Waals surface area contributed by atoms with E-state index in [1.54, 1.807) is 6.20 Å². The normalized spacial score (nSPS) is 10.3. The molecule has 2 N–H and O–H groups in total. The molecule has 0 amide bonds. The zero-order valence-corrected chi connectivity index (χ0v) is 10.8. The van der Waals surface area contributed by atoms with E-state index in [1.807, 2.05) is 37.3 Å². The number of pyridine rings is 1. The van der Waals surface area contributed by atoms with Crippen LogP contribution in [0, 0.1) is 6.92 Å². The predicted octanol–water partition coefficient (Wildman–Crippen LogP) is 3.11. The van der Waals surface area contributed by atoms with E-state index in [9.17, 15) is 0 Å². The quantitative estimate of drug-likeness (QED) is 0.838. The van der Waals surface area contributed by atoms with E-state index in [0.717, 1.165) is 23.4 Å². The Morgan fingerprint density at radius 1 is 1.28 bits per heavy atom. The van der Waals surface area contributed by atoms with Gasteiger partial charge in [-0.05, 0) is 42.7 Å². The van der Waals surface area contributed by atoms with Crippen LogP contribution >= 0.6 is 0 Å². The Morgan fingerprint density at radius 3 is 2.78 bits per heavy atom. The number of aryl methyl sites for hydroxylation is 2. The molecule has 0 atom stereocenters. The van der Waals surface area contributed by atoms with Gasteiger partial charge in [-0.15, -0.1) is 0 Å². The number of nitrogen functional groups attached to an aromatic ring is 1. The lowest BCUT2D eigenvalue weighted by molar-refractivity contribution is 0.302. The molecular weight excluding hydrogens is 224 g/mol. The lowest BCUT2D eigenvalue weighted by Crippen LogP contribution is -2.02. The van der Waals surface area contributed by atoms with E-state index in [0.29, 0.717) is 12.3 Å². The summed E-state index contributed by atoms with van der Waals surface area (Å²) in [5, 5.41) is 0. The standard InChI is InChI=1S/C15H18N2O/c1-3-12-6-7-15(13(16)9-12)18-10-14-11(2)5-4-8-17-14/h4-9H,3,10,16H2,1-2H3. The highest BCUT2D eigenvalue weighted by Crippen LogP contribution is 2.23. The summed E-state index contributed by atoms with van der Waals surface area (Å²) in [5.74, 6) is 0.720. The van der Waals surface area contributed by atoms with E-state index in [1.165, 1.54) is 5.56 Å². The first-order valence-electron chi connectivity index (χ1n) is 6.12. The lowest BCUT2D eigenvalue weighted by atomic mass is 10.1. The van der Waals surface area contributed by atoms with Gasteiger partial charge < -0.3 is 10.5 Å². The zero-order valence-electron chi connectivity index (χ0n) is 10.8. The summed E-state index contributed by atoms with van der Waals surface area (Å²) < 4.78 is 5.72. The number of aromatic nitrogens is 1. The number of anilines is 1. The Kier molecular flexibility index (Phi) is 3.82. The molecule has 1 aromatic heterocycles. The summed E-state index contributed by atoms with van der Waals surface area (Å²) >= 11 is 0. The van der Waals surface area contributed by atoms with Crippen LogP contribution in [0.15, 0.2) is 36.5 Å². The van der Waals surface area contributed by atoms with E-state index in [-0.39, 0.29) is 0 Å². The molecule has 1 aromatic carbocycles. The van der Waals surface area contributed by atoms with Crippen molar-refractivity contribution in [1.29, 1.82) is 0 Å². The second-order valence-electron chi connectivity index (χ2n) is 4.28. The summed E-state index contributed by atoms with van der Waals surface area (Å²) in [5.41, 5.74) is 9.92. The van der Waals surface area contributed by atoms with Gasteiger partial charge in [0.05, 0.1) is 11.4 Å². The molecule has 0 aliphatic carbocycles. The van der Waals surface area contributed by atoms with Crippen LogP contribution in [-0.2, 0) is 13.0 Å². The predicted molar refractivity (Wildman–Crippen MR) is 73.5 cm³/mol. The van der Waals surface area contributed by atoms with E-state index in [4.69, 9.17) is 10.5 Å². The third-order valence-corrected chi connectivity index (χ3v) is 2.96. The Labute approximate surface area is 108 Å². The van der Waals surface area contributed by atoms with Crippen molar-refractivity contribution >= 4 is 5.69 Å². The third kappa shape index (κ3) is 2.80. The molecule has 18 heavy (non-hydrogen) atoms. The second kappa shape index (κ2) is 5.54. The van der Waals surface area contributed by atoms with Crippen molar-refractivity contribution in [2.75, 3.05) is 5.73 Å². The highest BCUT2D eigenvalue weighted by molar-refractivity contribution is 5.54. The van der Waals surface area contributed by atoms with Gasteiger partial charge in [-0.3, -0.25) is 4.98 Å². The highest BCUT2D eigenvalue weighted by atomic mass is 16.5. The maximum atomic E-state index is 5.95. The summed E-state index contributed by atoms with van der Waals surface area (Å²) in [6, 6.07) is 9.86. The first-order chi connectivity index (χ1) is 8.70. The largest absolute Gasteiger partial charge is 0.485 e. The van der Waals surface area contributed by atoms with Gasteiger partial charge in [0.1, 0.15) is 12.4 Å². The van der Waals surface area contributed by atoms with E-state index in [2.05, 4.69) is 11.9 Å². The van der Waals surface area contributed by atoms with Crippen LogP contribution < -0.4 is 10.5 Å². The third-order valence-electron chi connectivity index (χ3n) is 2.96. The Hall–Kier alpha value is -2.03. The number of rotatable bonds is 4. The number of nitrogens with zero attached hydrogens (tertiary/aromatic N) is 1. The van der Waals surface area contributed by atoms with Gasteiger partial charge >= 0.3 is 0 Å². The molecular formula is C15H18N2O. The Morgan fingerprint density at radius 2 is 2.11 bits per heavy atom. The van der Waals surface area contributed by atoms with Crippen molar-refractivity contribution in [3.8, 4) is 5.75 Å². The van der Waals surface area contributed by atoms with Gasteiger partial charge in [-0.25, -0.2) is 0 Å². The average Bonchev–Trinajstić information content (AvgIpc) is 2.39. The SMILES string of the molecule is CCc1ccc(OCc2ncccc2C)c(N)c1. The van der Waals surface area contributed by atoms with Crippen LogP contribution in [0.2, 0.25) is 0 Å². The first kappa shape index (κ1) is 12.4. The summed E-state index contributed by atoms with van der Waals surface area (Å²) in [7, 11) is 0. The van der Waals surface area contributed by atoms with Gasteiger partial charge in [-0.2, -0.15) is 0 Å². The minimum atomic E-state index is 0.447. The fourth-order valence-corrected chi connectivity index (χ4v) is 1.76. The fraction of sp³-hybridized carbons (Fsp3) is 0.267. The zero-order chi connectivity index (χ0) is 13.0. The number of benzene rings is 1. The molecule has 0 radical (unpaired) electrons. The molecule has 0 saturated heterocycles. The number of hydrogen-bond donors (Lipinski definition) is 1. The van der Waals surface area contributed by atoms with Crippen LogP contribution in [0.5, 0.6) is 5.75 Å². The summed E-state index contributed by atoms with van der Waals surface area (Å²) in [4.78, 5) is 4.29. The van der Waals surface area contributed by atoms with Crippen LogP contribution in [-0.4, -0.2) is 4.98 Å². The van der Waals surface area contributed by atoms with Crippen molar-refractivity contribution in [3.05, 3.63) is 53.3 Å². The average molecular weight is 242 g/mol. The summed E-state index contributed by atoms with van der Waals surface area (Å²) in [6.07, 6.45) is 2.75. The maximum absolute atomic E-state index is 5.95. The highest BCUT2D eigenvalue weighted by Gasteiger charge is 2.04. The van der Waals surface area contributed by atoms with Crippen molar-refractivity contribution < 1.29 is 4.74 Å². The maximum Gasteiger partial charge on any atom is 0.142 e. The van der Waals surface area contributed by atoms with Gasteiger partial charge in [0.2, 0.25) is 0 Å². The minimum Gasteiger partial charge on any atom is -0.485 e. The molecule has 3 heteroatoms. The molecule has 0 spiro atoms. The van der Waals surface area contributed by atoms with Gasteiger partial charge in [-0.1, -0.05) is 19.1 Å². The van der Waals surface area contributed by atoms with Crippen LogP contribution in [0.25, 0.3) is 0 Å². The number of nitrogens with two attached hydrogens (primary N) is 1. The molecule has 0 aliphatic heterocycles. The van der Waals surface area contributed by atoms with Gasteiger partial charge in [0, 0.05) is 6.20 Å². The molecule has 0 bridgehead atoms. The van der Waals surface area contributed by atoms with Gasteiger partial charge in [0.15, 0.2) is 0 Å². The molecule has 1 heterocycles. The minimum absolute atomic E-state index is 0.447. The summed E-state index contributed by atoms with van der Waals surface area (Å²) in [6.45, 7) is 4.57. The second-order valence-corrected chi connectivity index (χ2v) is 4.28. The van der Waals surface area contributed by atoms with Gasteiger partial charge in [0.25, 0.3) is 0 Å². The first-order valence-corrected chi connectivity index (χ1v) is 6.12. The molecule has 2 aromatic rings. The smallest absolute Gasteiger partial charge is 0.142 e. The van der Waals surface area contributed by atoms with Crippen LogP contribution in [0.4, 0.5) is 5.69 Å². The molecule has 94 valence electrons. The van der Waals surface area contributed by atoms with Crippen molar-refractivity contribution in [2.24, 2.45) is 0 Å². The number of hydrogen-bond acceptors (Lipinski definition) is 3. The van der Waals surface area contributed by atoms with E-state index >= 15 is 0 Å². The Balaban J connectivity index is 2.09. The Bertz CT molecular complexity index is 538. The van der Waals surface area contributed by atoms with Crippen molar-refractivity contribution in [2.45, 2.75) is 26.9 Å². The molecule has 2 rings (SSSR count). The van der Waals surface area contributed by atoms with Crippen LogP contribution in [0.3, 0.4) is 0 Å². The number of ether oxygens (including phenoxy) is 1. The van der Waals surface area contributed by atoms with Crippen molar-refractivity contribution in [1.82, 2.24) is 4.98 Å². The molecule has 0 aliphatic rings. The molecule has 0 unspecified atom stereocenters. The lowest BCUT2D eigenvalue weighted by Gasteiger charge is -2.10. The van der Waals surface area contributed by atoms with Crippen molar-refractivity contribution in [3.63, 3.8) is 0 Å². The van der Waals surface area contributed by atoms with E-state index < -0.39 is 0 Å². The topological polar surface area (TPSA) is 48.1 Å². The molecule has 0 saturated carbocycles. The molecule has 0 fully saturated rings. The fourth-order valence-electron chi connectivity index (χ4n) is 1.76.